The molecule has 0 fully saturated rings. The van der Waals surface area contributed by atoms with Crippen molar-refractivity contribution in [1.29, 1.82) is 5.26 Å². The third kappa shape index (κ3) is 2.39. The van der Waals surface area contributed by atoms with Crippen LogP contribution in [0.3, 0.4) is 0 Å². The molecule has 2 heteroatoms. The third-order valence-corrected chi connectivity index (χ3v) is 2.57. The van der Waals surface area contributed by atoms with Crippen molar-refractivity contribution in [3.63, 3.8) is 0 Å². The zero-order chi connectivity index (χ0) is 13.0. The summed E-state index contributed by atoms with van der Waals surface area (Å²) < 4.78 is 2.03. The molecule has 0 aliphatic heterocycles. The summed E-state index contributed by atoms with van der Waals surface area (Å²) in [5.74, 6) is 0. The van der Waals surface area contributed by atoms with Gasteiger partial charge in [0.25, 0.3) is 0 Å². The largest absolute Gasteiger partial charge is 0.320 e. The van der Waals surface area contributed by atoms with Crippen LogP contribution in [0, 0.1) is 18.3 Å². The molecular weight excluding hydrogens is 208 g/mol. The smallest absolute Gasteiger partial charge is 0.102 e. The molecule has 0 bridgehead atoms. The van der Waals surface area contributed by atoms with E-state index >= 15 is 0 Å². The Bertz CT molecular complexity index is 530. The Kier molecular flexibility index (Phi) is 4.12. The summed E-state index contributed by atoms with van der Waals surface area (Å²) in [5.41, 5.74) is 4.77. The molecule has 0 N–H and O–H groups in total. The second-order valence-corrected chi connectivity index (χ2v) is 4.15. The Morgan fingerprint density at radius 3 is 2.47 bits per heavy atom. The van der Waals surface area contributed by atoms with Gasteiger partial charge in [-0.25, -0.2) is 0 Å². The first-order valence-electron chi connectivity index (χ1n) is 5.61. The standard InChI is InChI=1S/C15H18N2/c1-6-8-17-12(5)14(10-16)13(7-2)15(17)9-11(3)4/h6-9H,2H2,1,3-5H3/b8-6+. The van der Waals surface area contributed by atoms with E-state index < -0.39 is 0 Å². The highest BCUT2D eigenvalue weighted by Gasteiger charge is 2.15. The molecule has 0 saturated heterocycles. The summed E-state index contributed by atoms with van der Waals surface area (Å²) in [4.78, 5) is 0. The normalized spacial score (nSPS) is 10.3. The van der Waals surface area contributed by atoms with E-state index in [0.29, 0.717) is 5.56 Å². The first-order chi connectivity index (χ1) is 8.06. The fourth-order valence-electron chi connectivity index (χ4n) is 1.86. The molecule has 17 heavy (non-hydrogen) atoms. The molecule has 2 nitrogen and oxygen atoms in total. The van der Waals surface area contributed by atoms with Crippen molar-refractivity contribution in [3.05, 3.63) is 40.7 Å². The summed E-state index contributed by atoms with van der Waals surface area (Å²) in [6, 6.07) is 2.25. The quantitative estimate of drug-likeness (QED) is 0.758. The van der Waals surface area contributed by atoms with E-state index in [-0.39, 0.29) is 0 Å². The van der Waals surface area contributed by atoms with Crippen LogP contribution in [-0.2, 0) is 0 Å². The molecule has 0 aromatic carbocycles. The first-order valence-corrected chi connectivity index (χ1v) is 5.61. The van der Waals surface area contributed by atoms with Crippen molar-refractivity contribution in [2.45, 2.75) is 27.7 Å². The van der Waals surface area contributed by atoms with Crippen LogP contribution in [0.4, 0.5) is 0 Å². The molecule has 0 atom stereocenters. The summed E-state index contributed by atoms with van der Waals surface area (Å²) in [6.45, 7) is 11.8. The second kappa shape index (κ2) is 5.36. The van der Waals surface area contributed by atoms with Crippen LogP contribution in [0.25, 0.3) is 18.4 Å². The Labute approximate surface area is 103 Å². The number of nitriles is 1. The maximum Gasteiger partial charge on any atom is 0.102 e. The summed E-state index contributed by atoms with van der Waals surface area (Å²) in [5, 5.41) is 9.21. The van der Waals surface area contributed by atoms with Gasteiger partial charge in [0.1, 0.15) is 6.07 Å². The molecule has 1 aromatic rings. The van der Waals surface area contributed by atoms with E-state index in [4.69, 9.17) is 0 Å². The molecule has 0 amide bonds. The van der Waals surface area contributed by atoms with Crippen LogP contribution in [0.5, 0.6) is 0 Å². The van der Waals surface area contributed by atoms with Gasteiger partial charge in [0.05, 0.1) is 11.3 Å². The lowest BCUT2D eigenvalue weighted by molar-refractivity contribution is 1.06. The molecule has 1 heterocycles. The number of allylic oxidation sites excluding steroid dienone is 2. The molecular formula is C15H18N2. The number of hydrogen-bond acceptors (Lipinski definition) is 1. The fourth-order valence-corrected chi connectivity index (χ4v) is 1.86. The van der Waals surface area contributed by atoms with Gasteiger partial charge in [0.15, 0.2) is 0 Å². The Morgan fingerprint density at radius 2 is 2.06 bits per heavy atom. The highest BCUT2D eigenvalue weighted by Crippen LogP contribution is 2.25. The zero-order valence-corrected chi connectivity index (χ0v) is 10.9. The molecule has 0 saturated carbocycles. The monoisotopic (exact) mass is 226 g/mol. The van der Waals surface area contributed by atoms with Crippen molar-refractivity contribution >= 4 is 18.4 Å². The molecule has 0 aliphatic rings. The molecule has 0 aliphatic carbocycles. The predicted molar refractivity (Wildman–Crippen MR) is 74.3 cm³/mol. The maximum atomic E-state index is 9.21. The average molecular weight is 226 g/mol. The van der Waals surface area contributed by atoms with Gasteiger partial charge in [-0.1, -0.05) is 24.3 Å². The van der Waals surface area contributed by atoms with Crippen molar-refractivity contribution in [2.75, 3.05) is 0 Å². The van der Waals surface area contributed by atoms with Crippen LogP contribution in [0.15, 0.2) is 18.2 Å². The molecule has 1 rings (SSSR count). The summed E-state index contributed by atoms with van der Waals surface area (Å²) in [7, 11) is 0. The molecule has 88 valence electrons. The second-order valence-electron chi connectivity index (χ2n) is 4.15. The van der Waals surface area contributed by atoms with Gasteiger partial charge < -0.3 is 4.57 Å². The van der Waals surface area contributed by atoms with Crippen molar-refractivity contribution in [1.82, 2.24) is 4.57 Å². The van der Waals surface area contributed by atoms with Crippen LogP contribution in [0.1, 0.15) is 43.3 Å². The Morgan fingerprint density at radius 1 is 1.41 bits per heavy atom. The fraction of sp³-hybridized carbons (Fsp3) is 0.267. The Balaban J connectivity index is 3.70. The minimum Gasteiger partial charge on any atom is -0.320 e. The number of rotatable bonds is 3. The van der Waals surface area contributed by atoms with E-state index in [1.54, 1.807) is 6.08 Å². The van der Waals surface area contributed by atoms with Crippen LogP contribution in [0.2, 0.25) is 0 Å². The topological polar surface area (TPSA) is 28.7 Å². The van der Waals surface area contributed by atoms with E-state index in [1.165, 1.54) is 5.57 Å². The highest BCUT2D eigenvalue weighted by molar-refractivity contribution is 5.72. The van der Waals surface area contributed by atoms with Gasteiger partial charge >= 0.3 is 0 Å². The first kappa shape index (κ1) is 13.1. The molecule has 0 spiro atoms. The predicted octanol–water partition coefficient (Wildman–Crippen LogP) is 4.23. The third-order valence-electron chi connectivity index (χ3n) is 2.57. The van der Waals surface area contributed by atoms with E-state index in [9.17, 15) is 5.26 Å². The van der Waals surface area contributed by atoms with Gasteiger partial charge in [-0.05, 0) is 33.8 Å². The summed E-state index contributed by atoms with van der Waals surface area (Å²) in [6.07, 6.45) is 7.76. The number of hydrogen-bond donors (Lipinski definition) is 0. The SMILES string of the molecule is C=Cc1c(C#N)c(C)n(/C=C/C)c1C=C(C)C. The van der Waals surface area contributed by atoms with Gasteiger partial charge in [-0.3, -0.25) is 0 Å². The zero-order valence-electron chi connectivity index (χ0n) is 10.9. The highest BCUT2D eigenvalue weighted by atomic mass is 15.0. The van der Waals surface area contributed by atoms with E-state index in [0.717, 1.165) is 17.0 Å². The maximum absolute atomic E-state index is 9.21. The van der Waals surface area contributed by atoms with E-state index in [1.807, 2.05) is 44.5 Å². The lowest BCUT2D eigenvalue weighted by Crippen LogP contribution is -1.93. The van der Waals surface area contributed by atoms with Gasteiger partial charge in [-0.15, -0.1) is 0 Å². The Hall–Kier alpha value is -2.01. The van der Waals surface area contributed by atoms with Crippen molar-refractivity contribution in [3.8, 4) is 6.07 Å². The lowest BCUT2D eigenvalue weighted by atomic mass is 10.1. The minimum absolute atomic E-state index is 0.700. The van der Waals surface area contributed by atoms with Gasteiger partial charge in [0.2, 0.25) is 0 Å². The molecule has 0 unspecified atom stereocenters. The minimum atomic E-state index is 0.700. The molecule has 1 aromatic heterocycles. The van der Waals surface area contributed by atoms with E-state index in [2.05, 4.69) is 18.7 Å². The van der Waals surface area contributed by atoms with Crippen molar-refractivity contribution in [2.24, 2.45) is 0 Å². The van der Waals surface area contributed by atoms with Gasteiger partial charge in [0, 0.05) is 17.5 Å². The number of nitrogens with zero attached hydrogens (tertiary/aromatic N) is 2. The molecule has 0 radical (unpaired) electrons. The van der Waals surface area contributed by atoms with Crippen molar-refractivity contribution < 1.29 is 0 Å². The van der Waals surface area contributed by atoms with Crippen LogP contribution >= 0.6 is 0 Å². The average Bonchev–Trinajstić information content (AvgIpc) is 2.52. The number of aromatic nitrogens is 1. The lowest BCUT2D eigenvalue weighted by Gasteiger charge is -2.03. The van der Waals surface area contributed by atoms with Gasteiger partial charge in [-0.2, -0.15) is 5.26 Å². The van der Waals surface area contributed by atoms with Crippen LogP contribution in [-0.4, -0.2) is 4.57 Å². The summed E-state index contributed by atoms with van der Waals surface area (Å²) >= 11 is 0. The van der Waals surface area contributed by atoms with Crippen LogP contribution < -0.4 is 0 Å².